The maximum absolute atomic E-state index is 13.4. The molecule has 1 saturated heterocycles. The van der Waals surface area contributed by atoms with Crippen molar-refractivity contribution in [2.75, 3.05) is 26.7 Å². The molecule has 11 heteroatoms. The van der Waals surface area contributed by atoms with E-state index in [-0.39, 0.29) is 53.9 Å². The average Bonchev–Trinajstić information content (AvgIpc) is 3.12. The number of carbonyl (C=O) groups is 1. The molecule has 2 aliphatic heterocycles. The van der Waals surface area contributed by atoms with E-state index in [1.165, 1.54) is 0 Å². The van der Waals surface area contributed by atoms with Crippen LogP contribution >= 0.6 is 24.8 Å². The molecule has 0 aliphatic carbocycles. The van der Waals surface area contributed by atoms with Crippen LogP contribution in [0.2, 0.25) is 0 Å². The fourth-order valence-corrected chi connectivity index (χ4v) is 4.43. The molecule has 0 aromatic carbocycles. The van der Waals surface area contributed by atoms with Crippen LogP contribution in [-0.4, -0.2) is 56.9 Å². The number of aryl methyl sites for hydroxylation is 1. The van der Waals surface area contributed by atoms with Crippen molar-refractivity contribution in [2.45, 2.75) is 51.9 Å². The molecule has 1 atom stereocenters. The third-order valence-electron chi connectivity index (χ3n) is 5.90. The number of hydrogen-bond acceptors (Lipinski definition) is 6. The van der Waals surface area contributed by atoms with Crippen molar-refractivity contribution in [3.05, 3.63) is 45.4 Å². The summed E-state index contributed by atoms with van der Waals surface area (Å²) in [5.74, 6) is 1.24. The van der Waals surface area contributed by atoms with Gasteiger partial charge in [0, 0.05) is 25.9 Å². The molecule has 0 unspecified atom stereocenters. The Morgan fingerprint density at radius 2 is 1.97 bits per heavy atom. The van der Waals surface area contributed by atoms with Crippen LogP contribution in [-0.2, 0) is 17.9 Å². The minimum Gasteiger partial charge on any atom is -0.377 e. The number of aromatic nitrogens is 4. The topological polar surface area (TPSA) is 94.3 Å². The molecule has 9 nitrogen and oxygen atoms in total. The standard InChI is InChI=1S/C20H28N6O3.2ClH/c1-13-6-9-25(15-4-7-21-8-5-15)20(28)18(13)19(27)24-10-14(2)26-16(11-24)22-23-17(26)12-29-3;;/h6,9,14-15,21H,4-5,7-8,10-12H2,1-3H3;2*1H/t14-;;/m0../s1. The van der Waals surface area contributed by atoms with Crippen molar-refractivity contribution in [3.8, 4) is 0 Å². The number of halogens is 2. The van der Waals surface area contributed by atoms with Crippen LogP contribution in [0.3, 0.4) is 0 Å². The number of carbonyl (C=O) groups excluding carboxylic acids is 1. The van der Waals surface area contributed by atoms with Crippen LogP contribution in [0, 0.1) is 6.92 Å². The van der Waals surface area contributed by atoms with Crippen molar-refractivity contribution in [2.24, 2.45) is 0 Å². The Labute approximate surface area is 194 Å². The Morgan fingerprint density at radius 3 is 2.65 bits per heavy atom. The van der Waals surface area contributed by atoms with Crippen molar-refractivity contribution in [3.63, 3.8) is 0 Å². The lowest BCUT2D eigenvalue weighted by molar-refractivity contribution is 0.0671. The predicted molar refractivity (Wildman–Crippen MR) is 121 cm³/mol. The highest BCUT2D eigenvalue weighted by molar-refractivity contribution is 5.95. The maximum Gasteiger partial charge on any atom is 0.263 e. The molecule has 1 amide bonds. The molecule has 172 valence electrons. The first-order chi connectivity index (χ1) is 14.0. The van der Waals surface area contributed by atoms with Crippen molar-refractivity contribution >= 4 is 30.7 Å². The van der Waals surface area contributed by atoms with E-state index < -0.39 is 0 Å². The summed E-state index contributed by atoms with van der Waals surface area (Å²) in [7, 11) is 1.62. The summed E-state index contributed by atoms with van der Waals surface area (Å²) in [6.45, 7) is 6.84. The highest BCUT2D eigenvalue weighted by Crippen LogP contribution is 2.24. The van der Waals surface area contributed by atoms with Gasteiger partial charge in [0.2, 0.25) is 0 Å². The third-order valence-corrected chi connectivity index (χ3v) is 5.90. The molecule has 0 saturated carbocycles. The molecular formula is C20H30Cl2N6O3. The molecule has 2 aromatic rings. The van der Waals surface area contributed by atoms with Crippen LogP contribution in [0.1, 0.15) is 59.4 Å². The fourth-order valence-electron chi connectivity index (χ4n) is 4.43. The van der Waals surface area contributed by atoms with Crippen molar-refractivity contribution in [1.29, 1.82) is 0 Å². The molecule has 0 spiro atoms. The number of ether oxygens (including phenoxy) is 1. The molecule has 31 heavy (non-hydrogen) atoms. The number of piperidine rings is 1. The number of nitrogens with one attached hydrogen (secondary N) is 1. The Balaban J connectivity index is 0.00000171. The quantitative estimate of drug-likeness (QED) is 0.729. The van der Waals surface area contributed by atoms with Crippen LogP contribution in [0.15, 0.2) is 17.1 Å². The Bertz CT molecular complexity index is 970. The van der Waals surface area contributed by atoms with E-state index in [0.29, 0.717) is 25.3 Å². The van der Waals surface area contributed by atoms with E-state index >= 15 is 0 Å². The van der Waals surface area contributed by atoms with Gasteiger partial charge in [0.25, 0.3) is 11.5 Å². The number of pyridine rings is 1. The Hall–Kier alpha value is -1.94. The van der Waals surface area contributed by atoms with E-state index in [9.17, 15) is 9.59 Å². The summed E-state index contributed by atoms with van der Waals surface area (Å²) < 4.78 is 8.96. The SMILES string of the molecule is COCc1nnc2n1[C@@H](C)CN(C(=O)c1c(C)ccn(C3CCNCC3)c1=O)C2.Cl.Cl. The predicted octanol–water partition coefficient (Wildman–Crippen LogP) is 1.88. The zero-order valence-electron chi connectivity index (χ0n) is 18.0. The largest absolute Gasteiger partial charge is 0.377 e. The molecule has 1 fully saturated rings. The van der Waals surface area contributed by atoms with Gasteiger partial charge in [0.05, 0.1) is 12.6 Å². The van der Waals surface area contributed by atoms with E-state index in [1.807, 2.05) is 30.7 Å². The van der Waals surface area contributed by atoms with Crippen LogP contribution in [0.25, 0.3) is 0 Å². The molecule has 4 rings (SSSR count). The van der Waals surface area contributed by atoms with Gasteiger partial charge in [-0.3, -0.25) is 9.59 Å². The zero-order valence-corrected chi connectivity index (χ0v) is 19.7. The second-order valence-corrected chi connectivity index (χ2v) is 7.94. The number of fused-ring (bicyclic) bond motifs is 1. The third kappa shape index (κ3) is 4.79. The van der Waals surface area contributed by atoms with Crippen LogP contribution in [0.4, 0.5) is 0 Å². The number of nitrogens with zero attached hydrogens (tertiary/aromatic N) is 5. The molecule has 2 aliphatic rings. The lowest BCUT2D eigenvalue weighted by Gasteiger charge is -2.33. The highest BCUT2D eigenvalue weighted by Gasteiger charge is 2.32. The van der Waals surface area contributed by atoms with Crippen molar-refractivity contribution in [1.82, 2.24) is 29.5 Å². The Morgan fingerprint density at radius 1 is 1.26 bits per heavy atom. The van der Waals surface area contributed by atoms with Gasteiger partial charge in [0.1, 0.15) is 12.2 Å². The first kappa shape index (κ1) is 25.3. The zero-order chi connectivity index (χ0) is 20.5. The molecule has 0 radical (unpaired) electrons. The lowest BCUT2D eigenvalue weighted by atomic mass is 10.0. The summed E-state index contributed by atoms with van der Waals surface area (Å²) in [6.07, 6.45) is 3.61. The number of rotatable bonds is 4. The van der Waals surface area contributed by atoms with Crippen molar-refractivity contribution < 1.29 is 9.53 Å². The number of amides is 1. The summed E-state index contributed by atoms with van der Waals surface area (Å²) in [5, 5.41) is 11.7. The molecule has 4 heterocycles. The molecular weight excluding hydrogens is 443 g/mol. The normalized spacial score (nSPS) is 18.7. The summed E-state index contributed by atoms with van der Waals surface area (Å²) in [5.41, 5.74) is 0.787. The minimum absolute atomic E-state index is 0. The minimum atomic E-state index is -0.231. The van der Waals surface area contributed by atoms with Gasteiger partial charge < -0.3 is 24.1 Å². The van der Waals surface area contributed by atoms with Crippen LogP contribution in [0.5, 0.6) is 0 Å². The summed E-state index contributed by atoms with van der Waals surface area (Å²) >= 11 is 0. The van der Waals surface area contributed by atoms with Gasteiger partial charge in [0.15, 0.2) is 11.6 Å². The number of hydrogen-bond donors (Lipinski definition) is 1. The van der Waals surface area contributed by atoms with Gasteiger partial charge in [-0.25, -0.2) is 0 Å². The van der Waals surface area contributed by atoms with Gasteiger partial charge in [-0.1, -0.05) is 0 Å². The molecule has 1 N–H and O–H groups in total. The molecule has 2 aromatic heterocycles. The Kier molecular flexibility index (Phi) is 8.65. The average molecular weight is 473 g/mol. The van der Waals surface area contributed by atoms with Gasteiger partial charge in [-0.15, -0.1) is 35.0 Å². The fraction of sp³-hybridized carbons (Fsp3) is 0.600. The van der Waals surface area contributed by atoms with Gasteiger partial charge >= 0.3 is 0 Å². The first-order valence-corrected chi connectivity index (χ1v) is 10.1. The summed E-state index contributed by atoms with van der Waals surface area (Å²) in [4.78, 5) is 28.3. The van der Waals surface area contributed by atoms with Gasteiger partial charge in [-0.05, 0) is 51.4 Å². The van der Waals surface area contributed by atoms with E-state index in [1.54, 1.807) is 16.6 Å². The lowest BCUT2D eigenvalue weighted by Crippen LogP contribution is -2.44. The van der Waals surface area contributed by atoms with E-state index in [0.717, 1.165) is 37.6 Å². The van der Waals surface area contributed by atoms with Gasteiger partial charge in [-0.2, -0.15) is 0 Å². The van der Waals surface area contributed by atoms with Crippen LogP contribution < -0.4 is 10.9 Å². The monoisotopic (exact) mass is 472 g/mol. The highest BCUT2D eigenvalue weighted by atomic mass is 35.5. The summed E-state index contributed by atoms with van der Waals surface area (Å²) in [6, 6.07) is 2.03. The first-order valence-electron chi connectivity index (χ1n) is 10.1. The maximum atomic E-state index is 13.4. The second kappa shape index (κ2) is 10.6. The number of methoxy groups -OCH3 is 1. The van der Waals surface area contributed by atoms with E-state index in [4.69, 9.17) is 4.74 Å². The smallest absolute Gasteiger partial charge is 0.263 e. The van der Waals surface area contributed by atoms with E-state index in [2.05, 4.69) is 15.5 Å². The second-order valence-electron chi connectivity index (χ2n) is 7.94. The molecule has 0 bridgehead atoms.